The van der Waals surface area contributed by atoms with Crippen molar-refractivity contribution >= 4 is 28.8 Å². The summed E-state index contributed by atoms with van der Waals surface area (Å²) in [6.45, 7) is 0. The molecule has 0 aromatic heterocycles. The van der Waals surface area contributed by atoms with E-state index in [4.69, 9.17) is 33.7 Å². The number of hydrogen-bond donors (Lipinski definition) is 0. The predicted molar refractivity (Wildman–Crippen MR) is 80.0 cm³/mol. The van der Waals surface area contributed by atoms with Gasteiger partial charge in [0.25, 0.3) is 0 Å². The summed E-state index contributed by atoms with van der Waals surface area (Å²) in [7, 11) is 0. The Morgan fingerprint density at radius 3 is 1.30 bits per heavy atom. The molecule has 2 aromatic carbocycles. The van der Waals surface area contributed by atoms with Gasteiger partial charge in [0.05, 0.1) is 23.3 Å². The van der Waals surface area contributed by atoms with E-state index in [1.807, 2.05) is 0 Å². The number of halogens is 2. The van der Waals surface area contributed by atoms with Crippen LogP contribution >= 0.6 is 23.2 Å². The van der Waals surface area contributed by atoms with Crippen molar-refractivity contribution in [1.29, 1.82) is 10.5 Å². The molecule has 0 saturated carbocycles. The largest absolute Gasteiger partial charge is 0.192 e. The Labute approximate surface area is 127 Å². The Balaban J connectivity index is 2.49. The summed E-state index contributed by atoms with van der Waals surface area (Å²) in [6, 6.07) is 18.1. The normalized spacial score (nSPS) is 9.40. The first-order chi connectivity index (χ1) is 9.65. The van der Waals surface area contributed by atoms with E-state index in [2.05, 4.69) is 12.1 Å². The second-order valence-corrected chi connectivity index (χ2v) is 4.96. The highest BCUT2D eigenvalue weighted by Crippen LogP contribution is 2.31. The molecule has 0 aliphatic carbocycles. The number of hydrogen-bond acceptors (Lipinski definition) is 2. The molecule has 0 radical (unpaired) electrons. The highest BCUT2D eigenvalue weighted by atomic mass is 35.5. The van der Waals surface area contributed by atoms with Gasteiger partial charge in [-0.2, -0.15) is 10.5 Å². The maximum atomic E-state index is 8.81. The molecule has 2 nitrogen and oxygen atoms in total. The molecule has 0 heterocycles. The molecule has 0 aliphatic heterocycles. The minimum absolute atomic E-state index is 0.138. The first-order valence-corrected chi connectivity index (χ1v) is 6.47. The van der Waals surface area contributed by atoms with Gasteiger partial charge in [0, 0.05) is 5.57 Å². The van der Waals surface area contributed by atoms with E-state index in [1.165, 1.54) is 0 Å². The Morgan fingerprint density at radius 1 is 0.700 bits per heavy atom. The molecule has 2 aromatic rings. The molecular weight excluding hydrogens is 291 g/mol. The molecule has 0 spiro atoms. The molecule has 0 saturated heterocycles. The average Bonchev–Trinajstić information content (AvgIpc) is 2.48. The maximum Gasteiger partial charge on any atom is 0.115 e. The molecule has 0 atom stereocenters. The molecule has 0 unspecified atom stereocenters. The number of rotatable bonds is 2. The van der Waals surface area contributed by atoms with Crippen molar-refractivity contribution in [1.82, 2.24) is 0 Å². The van der Waals surface area contributed by atoms with Gasteiger partial charge < -0.3 is 0 Å². The van der Waals surface area contributed by atoms with Crippen LogP contribution in [0.15, 0.2) is 53.0 Å². The standard InChI is InChI=1S/C16H8Cl2N2/c17-16(18)15(13-5-1-11(9-19)2-6-13)14-7-3-12(10-20)4-8-14/h1-8H. The van der Waals surface area contributed by atoms with Gasteiger partial charge in [-0.3, -0.25) is 0 Å². The van der Waals surface area contributed by atoms with Crippen molar-refractivity contribution in [2.75, 3.05) is 0 Å². The van der Waals surface area contributed by atoms with E-state index in [0.29, 0.717) is 16.7 Å². The summed E-state index contributed by atoms with van der Waals surface area (Å²) < 4.78 is 0.138. The molecule has 0 amide bonds. The number of benzene rings is 2. The zero-order valence-electron chi connectivity index (χ0n) is 10.3. The average molecular weight is 299 g/mol. The molecule has 2 rings (SSSR count). The summed E-state index contributed by atoms with van der Waals surface area (Å²) in [6.07, 6.45) is 0. The molecule has 4 heteroatoms. The van der Waals surface area contributed by atoms with E-state index in [-0.39, 0.29) is 4.49 Å². The van der Waals surface area contributed by atoms with E-state index >= 15 is 0 Å². The second-order valence-electron chi connectivity index (χ2n) is 4.01. The fraction of sp³-hybridized carbons (Fsp3) is 0. The van der Waals surface area contributed by atoms with Crippen LogP contribution in [0.5, 0.6) is 0 Å². The number of nitriles is 2. The molecular formula is C16H8Cl2N2. The van der Waals surface area contributed by atoms with Crippen LogP contribution in [0.2, 0.25) is 0 Å². The van der Waals surface area contributed by atoms with Gasteiger partial charge in [-0.1, -0.05) is 47.5 Å². The highest BCUT2D eigenvalue weighted by Gasteiger charge is 2.09. The van der Waals surface area contributed by atoms with Crippen molar-refractivity contribution in [2.24, 2.45) is 0 Å². The van der Waals surface area contributed by atoms with E-state index < -0.39 is 0 Å². The lowest BCUT2D eigenvalue weighted by Crippen LogP contribution is -1.90. The highest BCUT2D eigenvalue weighted by molar-refractivity contribution is 6.59. The van der Waals surface area contributed by atoms with Crippen molar-refractivity contribution < 1.29 is 0 Å². The Bertz CT molecular complexity index is 667. The summed E-state index contributed by atoms with van der Waals surface area (Å²) >= 11 is 12.0. The molecule has 96 valence electrons. The fourth-order valence-electron chi connectivity index (χ4n) is 1.81. The molecule has 0 fully saturated rings. The lowest BCUT2D eigenvalue weighted by atomic mass is 9.98. The van der Waals surface area contributed by atoms with Crippen LogP contribution in [0.25, 0.3) is 5.57 Å². The fourth-order valence-corrected chi connectivity index (χ4v) is 2.24. The van der Waals surface area contributed by atoms with Gasteiger partial charge in [-0.05, 0) is 35.4 Å². The topological polar surface area (TPSA) is 47.6 Å². The van der Waals surface area contributed by atoms with Crippen LogP contribution in [0.3, 0.4) is 0 Å². The van der Waals surface area contributed by atoms with Crippen molar-refractivity contribution in [2.45, 2.75) is 0 Å². The molecule has 0 N–H and O–H groups in total. The third-order valence-corrected chi connectivity index (χ3v) is 3.17. The van der Waals surface area contributed by atoms with Gasteiger partial charge in [0.1, 0.15) is 4.49 Å². The van der Waals surface area contributed by atoms with Crippen molar-refractivity contribution in [3.05, 3.63) is 75.3 Å². The summed E-state index contributed by atoms with van der Waals surface area (Å²) in [4.78, 5) is 0. The van der Waals surface area contributed by atoms with Gasteiger partial charge >= 0.3 is 0 Å². The van der Waals surface area contributed by atoms with E-state index in [1.54, 1.807) is 48.5 Å². The summed E-state index contributed by atoms with van der Waals surface area (Å²) in [5.41, 5.74) is 3.43. The first kappa shape index (κ1) is 14.2. The summed E-state index contributed by atoms with van der Waals surface area (Å²) in [5.74, 6) is 0. The number of nitrogens with zero attached hydrogens (tertiary/aromatic N) is 2. The van der Waals surface area contributed by atoms with Crippen molar-refractivity contribution in [3.63, 3.8) is 0 Å². The van der Waals surface area contributed by atoms with Gasteiger partial charge in [-0.25, -0.2) is 0 Å². The lowest BCUT2D eigenvalue weighted by Gasteiger charge is -2.09. The quantitative estimate of drug-likeness (QED) is 0.812. The second kappa shape index (κ2) is 6.26. The van der Waals surface area contributed by atoms with E-state index in [0.717, 1.165) is 11.1 Å². The monoisotopic (exact) mass is 298 g/mol. The minimum atomic E-state index is 0.138. The van der Waals surface area contributed by atoms with Crippen LogP contribution in [0.4, 0.5) is 0 Å². The van der Waals surface area contributed by atoms with Gasteiger partial charge in [0.15, 0.2) is 0 Å². The third kappa shape index (κ3) is 3.00. The molecule has 20 heavy (non-hydrogen) atoms. The smallest absolute Gasteiger partial charge is 0.115 e. The first-order valence-electron chi connectivity index (χ1n) is 5.72. The predicted octanol–water partition coefficient (Wildman–Crippen LogP) is 4.62. The lowest BCUT2D eigenvalue weighted by molar-refractivity contribution is 1.46. The zero-order valence-corrected chi connectivity index (χ0v) is 11.8. The zero-order chi connectivity index (χ0) is 14.5. The van der Waals surface area contributed by atoms with Crippen LogP contribution in [-0.2, 0) is 0 Å². The Kier molecular flexibility index (Phi) is 4.43. The van der Waals surface area contributed by atoms with Gasteiger partial charge in [-0.15, -0.1) is 0 Å². The van der Waals surface area contributed by atoms with Crippen LogP contribution in [0.1, 0.15) is 22.3 Å². The maximum absolute atomic E-state index is 8.81. The van der Waals surface area contributed by atoms with Crippen LogP contribution in [-0.4, -0.2) is 0 Å². The van der Waals surface area contributed by atoms with Gasteiger partial charge in [0.2, 0.25) is 0 Å². The minimum Gasteiger partial charge on any atom is -0.192 e. The molecule has 0 aliphatic rings. The summed E-state index contributed by atoms with van der Waals surface area (Å²) in [5, 5.41) is 17.6. The Hall–Kier alpha value is -2.26. The van der Waals surface area contributed by atoms with Crippen LogP contribution < -0.4 is 0 Å². The third-order valence-electron chi connectivity index (χ3n) is 2.79. The molecule has 0 bridgehead atoms. The van der Waals surface area contributed by atoms with Crippen molar-refractivity contribution in [3.8, 4) is 12.1 Å². The van der Waals surface area contributed by atoms with E-state index in [9.17, 15) is 0 Å². The SMILES string of the molecule is N#Cc1ccc(C(=C(Cl)Cl)c2ccc(C#N)cc2)cc1. The Morgan fingerprint density at radius 2 is 1.05 bits per heavy atom. The van der Waals surface area contributed by atoms with Crippen LogP contribution in [0, 0.1) is 22.7 Å².